The summed E-state index contributed by atoms with van der Waals surface area (Å²) in [5.74, 6) is 1.50. The van der Waals surface area contributed by atoms with E-state index in [0.29, 0.717) is 5.92 Å². The lowest BCUT2D eigenvalue weighted by Gasteiger charge is -2.38. The van der Waals surface area contributed by atoms with Crippen LogP contribution in [0.4, 0.5) is 0 Å². The van der Waals surface area contributed by atoms with Gasteiger partial charge in [-0.3, -0.25) is 5.32 Å². The first kappa shape index (κ1) is 14.8. The van der Waals surface area contributed by atoms with Crippen LogP contribution < -0.4 is 5.32 Å². The normalized spacial score (nSPS) is 24.9. The average Bonchev–Trinajstić information content (AvgIpc) is 3.29. The van der Waals surface area contributed by atoms with E-state index >= 15 is 0 Å². The van der Waals surface area contributed by atoms with Crippen LogP contribution >= 0.6 is 0 Å². The van der Waals surface area contributed by atoms with Crippen LogP contribution in [0.2, 0.25) is 0 Å². The molecule has 1 atom stereocenters. The molecular formula is C16H29N3. The van der Waals surface area contributed by atoms with E-state index in [-0.39, 0.29) is 5.54 Å². The maximum Gasteiger partial charge on any atom is 0.122 e. The van der Waals surface area contributed by atoms with E-state index in [1.165, 1.54) is 45.2 Å². The molecule has 2 fully saturated rings. The van der Waals surface area contributed by atoms with E-state index in [1.54, 1.807) is 0 Å². The number of nitrogens with zero attached hydrogens (tertiary/aromatic N) is 2. The van der Waals surface area contributed by atoms with E-state index in [4.69, 9.17) is 0 Å². The molecule has 1 unspecified atom stereocenters. The van der Waals surface area contributed by atoms with Gasteiger partial charge in [0.25, 0.3) is 0 Å². The van der Waals surface area contributed by atoms with E-state index in [2.05, 4.69) is 30.1 Å². The second-order valence-electron chi connectivity index (χ2n) is 6.41. The molecule has 0 radical (unpaired) electrons. The van der Waals surface area contributed by atoms with Gasteiger partial charge in [0.15, 0.2) is 0 Å². The van der Waals surface area contributed by atoms with Gasteiger partial charge in [0, 0.05) is 6.54 Å². The lowest BCUT2D eigenvalue weighted by atomic mass is 9.90. The zero-order valence-corrected chi connectivity index (χ0v) is 12.6. The molecule has 0 aromatic carbocycles. The molecule has 19 heavy (non-hydrogen) atoms. The van der Waals surface area contributed by atoms with Gasteiger partial charge in [0.1, 0.15) is 5.54 Å². The second kappa shape index (κ2) is 6.72. The van der Waals surface area contributed by atoms with E-state index in [0.717, 1.165) is 25.4 Å². The summed E-state index contributed by atoms with van der Waals surface area (Å²) in [6.07, 6.45) is 7.51. The standard InChI is InChI=1S/C16H29N3/c1-3-9-18-16(12-17,15-5-6-15)13-19-10-7-14(4-2)8-11-19/h14-15,18H,3-11,13H2,1-2H3. The van der Waals surface area contributed by atoms with Crippen molar-refractivity contribution in [3.63, 3.8) is 0 Å². The highest BCUT2D eigenvalue weighted by atomic mass is 15.2. The summed E-state index contributed by atoms with van der Waals surface area (Å²) in [6.45, 7) is 8.74. The second-order valence-corrected chi connectivity index (χ2v) is 6.41. The van der Waals surface area contributed by atoms with Crippen molar-refractivity contribution in [3.05, 3.63) is 0 Å². The van der Waals surface area contributed by atoms with Crippen molar-refractivity contribution in [3.8, 4) is 6.07 Å². The molecular weight excluding hydrogens is 234 g/mol. The summed E-state index contributed by atoms with van der Waals surface area (Å²) in [7, 11) is 0. The highest BCUT2D eigenvalue weighted by Gasteiger charge is 2.46. The molecule has 0 spiro atoms. The van der Waals surface area contributed by atoms with Crippen LogP contribution in [0, 0.1) is 23.2 Å². The first-order valence-corrected chi connectivity index (χ1v) is 8.12. The number of nitriles is 1. The van der Waals surface area contributed by atoms with Crippen LogP contribution in [0.1, 0.15) is 52.4 Å². The SMILES string of the molecule is CCCNC(C#N)(CN1CCC(CC)CC1)C1CC1. The molecule has 3 heteroatoms. The summed E-state index contributed by atoms with van der Waals surface area (Å²) in [6, 6.07) is 2.63. The monoisotopic (exact) mass is 263 g/mol. The Morgan fingerprint density at radius 1 is 1.21 bits per heavy atom. The van der Waals surface area contributed by atoms with Crippen molar-refractivity contribution in [2.75, 3.05) is 26.2 Å². The molecule has 0 amide bonds. The molecule has 108 valence electrons. The van der Waals surface area contributed by atoms with Gasteiger partial charge in [-0.25, -0.2) is 0 Å². The zero-order valence-electron chi connectivity index (χ0n) is 12.6. The minimum absolute atomic E-state index is 0.269. The Morgan fingerprint density at radius 2 is 1.89 bits per heavy atom. The molecule has 1 saturated heterocycles. The summed E-state index contributed by atoms with van der Waals surface area (Å²) >= 11 is 0. The van der Waals surface area contributed by atoms with Gasteiger partial charge in [-0.2, -0.15) is 5.26 Å². The molecule has 1 saturated carbocycles. The van der Waals surface area contributed by atoms with Crippen LogP contribution in [0.5, 0.6) is 0 Å². The van der Waals surface area contributed by atoms with Gasteiger partial charge in [-0.05, 0) is 63.6 Å². The van der Waals surface area contributed by atoms with Crippen molar-refractivity contribution in [1.82, 2.24) is 10.2 Å². The van der Waals surface area contributed by atoms with Gasteiger partial charge in [0.2, 0.25) is 0 Å². The molecule has 3 nitrogen and oxygen atoms in total. The highest BCUT2D eigenvalue weighted by Crippen LogP contribution is 2.40. The van der Waals surface area contributed by atoms with Crippen molar-refractivity contribution in [2.24, 2.45) is 11.8 Å². The molecule has 1 N–H and O–H groups in total. The maximum atomic E-state index is 9.70. The Kier molecular flexibility index (Phi) is 5.24. The molecule has 0 aromatic heterocycles. The van der Waals surface area contributed by atoms with Crippen LogP contribution in [0.15, 0.2) is 0 Å². The van der Waals surface area contributed by atoms with Crippen LogP contribution in [0.3, 0.4) is 0 Å². The largest absolute Gasteiger partial charge is 0.300 e. The third-order valence-electron chi connectivity index (χ3n) is 4.92. The van der Waals surface area contributed by atoms with Crippen LogP contribution in [-0.2, 0) is 0 Å². The van der Waals surface area contributed by atoms with E-state index in [9.17, 15) is 5.26 Å². The van der Waals surface area contributed by atoms with Gasteiger partial charge >= 0.3 is 0 Å². The van der Waals surface area contributed by atoms with Crippen molar-refractivity contribution in [2.45, 2.75) is 57.9 Å². The summed E-state index contributed by atoms with van der Waals surface area (Å²) in [5.41, 5.74) is -0.269. The third kappa shape index (κ3) is 3.70. The van der Waals surface area contributed by atoms with Gasteiger partial charge in [-0.15, -0.1) is 0 Å². The smallest absolute Gasteiger partial charge is 0.122 e. The Hall–Kier alpha value is -0.590. The van der Waals surface area contributed by atoms with Gasteiger partial charge < -0.3 is 4.90 Å². The Morgan fingerprint density at radius 3 is 2.37 bits per heavy atom. The number of nitrogens with one attached hydrogen (secondary N) is 1. The number of likely N-dealkylation sites (tertiary alicyclic amines) is 1. The van der Waals surface area contributed by atoms with Gasteiger partial charge in [-0.1, -0.05) is 20.3 Å². The summed E-state index contributed by atoms with van der Waals surface area (Å²) in [4.78, 5) is 2.52. The molecule has 1 aliphatic heterocycles. The third-order valence-corrected chi connectivity index (χ3v) is 4.92. The maximum absolute atomic E-state index is 9.70. The number of piperidine rings is 1. The minimum atomic E-state index is -0.269. The fourth-order valence-corrected chi connectivity index (χ4v) is 3.33. The molecule has 2 aliphatic rings. The predicted octanol–water partition coefficient (Wildman–Crippen LogP) is 2.78. The molecule has 0 bridgehead atoms. The average molecular weight is 263 g/mol. The lowest BCUT2D eigenvalue weighted by molar-refractivity contribution is 0.140. The Labute approximate surface area is 118 Å². The fourth-order valence-electron chi connectivity index (χ4n) is 3.33. The summed E-state index contributed by atoms with van der Waals surface area (Å²) < 4.78 is 0. The molecule has 1 aliphatic carbocycles. The van der Waals surface area contributed by atoms with Crippen molar-refractivity contribution in [1.29, 1.82) is 5.26 Å². The number of hydrogen-bond donors (Lipinski definition) is 1. The van der Waals surface area contributed by atoms with Crippen LogP contribution in [-0.4, -0.2) is 36.6 Å². The van der Waals surface area contributed by atoms with E-state index in [1.807, 2.05) is 0 Å². The Bertz CT molecular complexity index is 310. The van der Waals surface area contributed by atoms with Crippen LogP contribution in [0.25, 0.3) is 0 Å². The van der Waals surface area contributed by atoms with Gasteiger partial charge in [0.05, 0.1) is 6.07 Å². The number of rotatable bonds is 7. The summed E-state index contributed by atoms with van der Waals surface area (Å²) in [5, 5.41) is 13.3. The topological polar surface area (TPSA) is 39.1 Å². The minimum Gasteiger partial charge on any atom is -0.300 e. The quantitative estimate of drug-likeness (QED) is 0.767. The first-order chi connectivity index (χ1) is 9.24. The lowest BCUT2D eigenvalue weighted by Crippen LogP contribution is -2.55. The fraction of sp³-hybridized carbons (Fsp3) is 0.938. The highest BCUT2D eigenvalue weighted by molar-refractivity contribution is 5.16. The number of hydrogen-bond acceptors (Lipinski definition) is 3. The molecule has 0 aromatic rings. The predicted molar refractivity (Wildman–Crippen MR) is 78.8 cm³/mol. The van der Waals surface area contributed by atoms with E-state index < -0.39 is 0 Å². The first-order valence-electron chi connectivity index (χ1n) is 8.12. The Balaban J connectivity index is 1.91. The molecule has 2 rings (SSSR count). The zero-order chi connectivity index (χ0) is 13.7. The van der Waals surface area contributed by atoms with Crippen molar-refractivity contribution >= 4 is 0 Å². The molecule has 1 heterocycles. The van der Waals surface area contributed by atoms with Crippen molar-refractivity contribution < 1.29 is 0 Å².